The molecule has 0 amide bonds. The Kier molecular flexibility index (Phi) is 4.93. The van der Waals surface area contributed by atoms with Gasteiger partial charge in [0.05, 0.1) is 14.2 Å². The molecule has 0 saturated carbocycles. The van der Waals surface area contributed by atoms with Crippen molar-refractivity contribution >= 4 is 8.07 Å². The lowest BCUT2D eigenvalue weighted by atomic mass is 9.99. The highest BCUT2D eigenvalue weighted by Gasteiger charge is 2.22. The van der Waals surface area contributed by atoms with Crippen LogP contribution in [0.2, 0.25) is 19.6 Å². The van der Waals surface area contributed by atoms with Crippen molar-refractivity contribution in [1.82, 2.24) is 0 Å². The molecule has 0 saturated heterocycles. The van der Waals surface area contributed by atoms with Crippen molar-refractivity contribution in [3.8, 4) is 0 Å². The number of aliphatic hydroxyl groups excluding tert-OH is 1. The third kappa shape index (κ3) is 4.63. The van der Waals surface area contributed by atoms with Gasteiger partial charge in [0.2, 0.25) is 0 Å². The Morgan fingerprint density at radius 2 is 1.85 bits per heavy atom. The lowest BCUT2D eigenvalue weighted by Gasteiger charge is -2.24. The van der Waals surface area contributed by atoms with Gasteiger partial charge < -0.3 is 5.11 Å². The molecular weight excluding hydrogens is 176 g/mol. The molecule has 1 N–H and O–H groups in total. The third-order valence-corrected chi connectivity index (χ3v) is 5.14. The van der Waals surface area contributed by atoms with Gasteiger partial charge in [0.25, 0.3) is 0 Å². The molecule has 13 heavy (non-hydrogen) atoms. The van der Waals surface area contributed by atoms with Gasteiger partial charge in [-0.15, -0.1) is 6.58 Å². The van der Waals surface area contributed by atoms with Gasteiger partial charge in [0.1, 0.15) is 0 Å². The van der Waals surface area contributed by atoms with Crippen LogP contribution in [0.3, 0.4) is 0 Å². The normalized spacial score (nSPS) is 16.8. The Hall–Kier alpha value is -0.0831. The molecule has 0 heterocycles. The Bertz CT molecular complexity index is 169. The minimum Gasteiger partial charge on any atom is -0.393 e. The average Bonchev–Trinajstić information content (AvgIpc) is 2.01. The van der Waals surface area contributed by atoms with Crippen molar-refractivity contribution in [1.29, 1.82) is 0 Å². The molecule has 0 spiro atoms. The summed E-state index contributed by atoms with van der Waals surface area (Å²) in [4.78, 5) is 0. The molecule has 0 fully saturated rings. The highest BCUT2D eigenvalue weighted by atomic mass is 28.3. The van der Waals surface area contributed by atoms with E-state index in [1.54, 1.807) is 0 Å². The van der Waals surface area contributed by atoms with Crippen LogP contribution in [0.1, 0.15) is 26.7 Å². The predicted molar refractivity (Wildman–Crippen MR) is 62.6 cm³/mol. The largest absolute Gasteiger partial charge is 0.393 e. The highest BCUT2D eigenvalue weighted by molar-refractivity contribution is 6.82. The summed E-state index contributed by atoms with van der Waals surface area (Å²) in [5.74, 6) is 0.396. The van der Waals surface area contributed by atoms with Crippen molar-refractivity contribution in [2.45, 2.75) is 52.4 Å². The van der Waals surface area contributed by atoms with E-state index < -0.39 is 8.07 Å². The van der Waals surface area contributed by atoms with E-state index >= 15 is 0 Å². The fraction of sp³-hybridized carbons (Fsp3) is 0.818. The van der Waals surface area contributed by atoms with Crippen LogP contribution < -0.4 is 0 Å². The molecule has 0 bridgehead atoms. The molecule has 0 unspecified atom stereocenters. The smallest absolute Gasteiger partial charge is 0.0717 e. The van der Waals surface area contributed by atoms with E-state index in [1.165, 1.54) is 5.20 Å². The summed E-state index contributed by atoms with van der Waals surface area (Å²) >= 11 is 0. The summed E-state index contributed by atoms with van der Waals surface area (Å²) in [7, 11) is -1.24. The van der Waals surface area contributed by atoms with Crippen LogP contribution in [-0.2, 0) is 0 Å². The van der Waals surface area contributed by atoms with Crippen LogP contribution in [0.4, 0.5) is 0 Å². The van der Waals surface area contributed by atoms with E-state index in [4.69, 9.17) is 0 Å². The number of aliphatic hydroxyl groups is 1. The molecule has 2 heteroatoms. The summed E-state index contributed by atoms with van der Waals surface area (Å²) < 4.78 is 0. The van der Waals surface area contributed by atoms with Gasteiger partial charge in [0.15, 0.2) is 0 Å². The van der Waals surface area contributed by atoms with Crippen LogP contribution in [0.5, 0.6) is 0 Å². The quantitative estimate of drug-likeness (QED) is 0.676. The minimum absolute atomic E-state index is 0.191. The summed E-state index contributed by atoms with van der Waals surface area (Å²) in [5, 5.41) is 11.1. The second-order valence-electron chi connectivity index (χ2n) is 5.01. The van der Waals surface area contributed by atoms with Gasteiger partial charge in [0, 0.05) is 0 Å². The van der Waals surface area contributed by atoms with E-state index in [0.717, 1.165) is 12.8 Å². The first-order valence-corrected chi connectivity index (χ1v) is 8.65. The summed E-state index contributed by atoms with van der Waals surface area (Å²) in [6, 6.07) is 0. The van der Waals surface area contributed by atoms with Gasteiger partial charge in [-0.1, -0.05) is 45.1 Å². The van der Waals surface area contributed by atoms with E-state index in [0.29, 0.717) is 5.92 Å². The van der Waals surface area contributed by atoms with Gasteiger partial charge in [-0.25, -0.2) is 0 Å². The highest BCUT2D eigenvalue weighted by Crippen LogP contribution is 2.21. The molecule has 0 aliphatic rings. The molecule has 0 aliphatic carbocycles. The van der Waals surface area contributed by atoms with E-state index in [2.05, 4.69) is 40.1 Å². The SMILES string of the molecule is C=C(C[C@@H](O)[C@H](C)CC)[Si](C)(C)C. The maximum absolute atomic E-state index is 9.81. The number of hydrogen-bond donors (Lipinski definition) is 1. The fourth-order valence-corrected chi connectivity index (χ4v) is 1.85. The lowest BCUT2D eigenvalue weighted by Crippen LogP contribution is -2.28. The monoisotopic (exact) mass is 200 g/mol. The first-order valence-electron chi connectivity index (χ1n) is 5.15. The predicted octanol–water partition coefficient (Wildman–Crippen LogP) is 3.22. The molecule has 0 aromatic carbocycles. The average molecular weight is 200 g/mol. The zero-order valence-corrected chi connectivity index (χ0v) is 10.7. The van der Waals surface area contributed by atoms with Crippen molar-refractivity contribution in [2.24, 2.45) is 5.92 Å². The molecule has 0 rings (SSSR count). The molecule has 0 aromatic rings. The Balaban J connectivity index is 4.07. The molecule has 0 aromatic heterocycles. The summed E-state index contributed by atoms with van der Waals surface area (Å²) in [6.07, 6.45) is 1.65. The summed E-state index contributed by atoms with van der Waals surface area (Å²) in [6.45, 7) is 15.1. The van der Waals surface area contributed by atoms with Crippen LogP contribution in [0.25, 0.3) is 0 Å². The number of hydrogen-bond acceptors (Lipinski definition) is 1. The van der Waals surface area contributed by atoms with Crippen molar-refractivity contribution < 1.29 is 5.11 Å². The van der Waals surface area contributed by atoms with Gasteiger partial charge in [-0.3, -0.25) is 0 Å². The molecule has 0 aliphatic heterocycles. The molecule has 78 valence electrons. The maximum atomic E-state index is 9.81. The van der Waals surface area contributed by atoms with E-state index in [1.807, 2.05) is 0 Å². The minimum atomic E-state index is -1.24. The Morgan fingerprint density at radius 3 is 2.15 bits per heavy atom. The maximum Gasteiger partial charge on any atom is 0.0717 e. The molecule has 2 atom stereocenters. The Labute approximate surface area is 83.9 Å². The van der Waals surface area contributed by atoms with Crippen molar-refractivity contribution in [3.63, 3.8) is 0 Å². The topological polar surface area (TPSA) is 20.2 Å². The fourth-order valence-electron chi connectivity index (χ4n) is 1.03. The molecule has 0 radical (unpaired) electrons. The van der Waals surface area contributed by atoms with Gasteiger partial charge in [-0.2, -0.15) is 0 Å². The van der Waals surface area contributed by atoms with Crippen LogP contribution in [-0.4, -0.2) is 19.3 Å². The van der Waals surface area contributed by atoms with Gasteiger partial charge in [-0.05, 0) is 12.3 Å². The second-order valence-corrected chi connectivity index (χ2v) is 10.2. The second kappa shape index (κ2) is 4.96. The van der Waals surface area contributed by atoms with E-state index in [-0.39, 0.29) is 6.10 Å². The van der Waals surface area contributed by atoms with Crippen LogP contribution >= 0.6 is 0 Å². The third-order valence-electron chi connectivity index (χ3n) is 2.82. The zero-order chi connectivity index (χ0) is 10.6. The lowest BCUT2D eigenvalue weighted by molar-refractivity contribution is 0.116. The van der Waals surface area contributed by atoms with Crippen LogP contribution in [0, 0.1) is 5.92 Å². The van der Waals surface area contributed by atoms with Gasteiger partial charge >= 0.3 is 0 Å². The number of rotatable bonds is 5. The van der Waals surface area contributed by atoms with Crippen LogP contribution in [0.15, 0.2) is 11.8 Å². The zero-order valence-electron chi connectivity index (χ0n) is 9.72. The first-order chi connectivity index (χ1) is 5.79. The Morgan fingerprint density at radius 1 is 1.38 bits per heavy atom. The van der Waals surface area contributed by atoms with E-state index in [9.17, 15) is 5.11 Å². The van der Waals surface area contributed by atoms with Crippen molar-refractivity contribution in [3.05, 3.63) is 11.8 Å². The molecule has 1 nitrogen and oxygen atoms in total. The first kappa shape index (κ1) is 12.9. The standard InChI is InChI=1S/C11H24OSi/c1-7-9(2)11(12)8-10(3)13(4,5)6/h9,11-12H,3,7-8H2,1-2,4-6H3/t9-,11-/m1/s1. The molecular formula is C11H24OSi. The van der Waals surface area contributed by atoms with Crippen molar-refractivity contribution in [2.75, 3.05) is 0 Å². The summed E-state index contributed by atoms with van der Waals surface area (Å²) in [5.41, 5.74) is 0.